The highest BCUT2D eigenvalue weighted by molar-refractivity contribution is 8.13. The number of ketones is 1. The number of thioether (sulfide) groups is 1. The van der Waals surface area contributed by atoms with Crippen LogP contribution in [0, 0.1) is 11.7 Å². The van der Waals surface area contributed by atoms with E-state index in [4.69, 9.17) is 9.73 Å². The van der Waals surface area contributed by atoms with Crippen molar-refractivity contribution in [3.05, 3.63) is 35.1 Å². The summed E-state index contributed by atoms with van der Waals surface area (Å²) in [4.78, 5) is 16.4. The van der Waals surface area contributed by atoms with Crippen LogP contribution in [-0.4, -0.2) is 29.8 Å². The fourth-order valence-electron chi connectivity index (χ4n) is 3.12. The minimum Gasteiger partial charge on any atom is -0.379 e. The predicted octanol–water partition coefficient (Wildman–Crippen LogP) is 3.43. The van der Waals surface area contributed by atoms with Crippen LogP contribution in [0.25, 0.3) is 0 Å². The van der Waals surface area contributed by atoms with E-state index < -0.39 is 5.54 Å². The maximum Gasteiger partial charge on any atom is 0.159 e. The molecule has 1 fully saturated rings. The van der Waals surface area contributed by atoms with Gasteiger partial charge in [0.25, 0.3) is 0 Å². The molecule has 1 unspecified atom stereocenters. The SMILES string of the molecule is CC(=O)c1ccc(F)c([C@]23COCCC2CSC(C)=N3)c1. The van der Waals surface area contributed by atoms with Gasteiger partial charge in [-0.05, 0) is 38.5 Å². The first-order chi connectivity index (χ1) is 10.0. The highest BCUT2D eigenvalue weighted by Crippen LogP contribution is 2.45. The maximum absolute atomic E-state index is 14.5. The van der Waals surface area contributed by atoms with Crippen molar-refractivity contribution in [1.82, 2.24) is 0 Å². The van der Waals surface area contributed by atoms with E-state index in [1.165, 1.54) is 19.1 Å². The number of benzene rings is 1. The largest absolute Gasteiger partial charge is 0.379 e. The highest BCUT2D eigenvalue weighted by atomic mass is 32.2. The molecule has 5 heteroatoms. The fraction of sp³-hybridized carbons (Fsp3) is 0.500. The lowest BCUT2D eigenvalue weighted by Crippen LogP contribution is -2.47. The molecule has 0 N–H and O–H groups in total. The molecule has 0 amide bonds. The van der Waals surface area contributed by atoms with Gasteiger partial charge in [0.2, 0.25) is 0 Å². The number of hydrogen-bond acceptors (Lipinski definition) is 4. The minimum absolute atomic E-state index is 0.0631. The maximum atomic E-state index is 14.5. The molecule has 2 aliphatic heterocycles. The van der Waals surface area contributed by atoms with Gasteiger partial charge in [-0.2, -0.15) is 0 Å². The van der Waals surface area contributed by atoms with Crippen molar-refractivity contribution < 1.29 is 13.9 Å². The summed E-state index contributed by atoms with van der Waals surface area (Å²) < 4.78 is 20.1. The third kappa shape index (κ3) is 2.53. The van der Waals surface area contributed by atoms with Crippen LogP contribution in [0.1, 0.15) is 36.2 Å². The summed E-state index contributed by atoms with van der Waals surface area (Å²) in [5, 5.41) is 0.948. The van der Waals surface area contributed by atoms with Crippen LogP contribution in [0.2, 0.25) is 0 Å². The topological polar surface area (TPSA) is 38.7 Å². The van der Waals surface area contributed by atoms with E-state index >= 15 is 0 Å². The predicted molar refractivity (Wildman–Crippen MR) is 82.6 cm³/mol. The highest BCUT2D eigenvalue weighted by Gasteiger charge is 2.46. The molecule has 0 aromatic heterocycles. The Morgan fingerprint density at radius 1 is 1.52 bits per heavy atom. The summed E-state index contributed by atoms with van der Waals surface area (Å²) in [6.45, 7) is 4.52. The summed E-state index contributed by atoms with van der Waals surface area (Å²) in [5.41, 5.74) is 0.346. The van der Waals surface area contributed by atoms with E-state index in [1.54, 1.807) is 17.8 Å². The zero-order valence-electron chi connectivity index (χ0n) is 12.2. The van der Waals surface area contributed by atoms with E-state index in [9.17, 15) is 9.18 Å². The summed E-state index contributed by atoms with van der Waals surface area (Å²) in [6, 6.07) is 4.57. The van der Waals surface area contributed by atoms with Gasteiger partial charge < -0.3 is 4.74 Å². The van der Waals surface area contributed by atoms with Gasteiger partial charge in [-0.25, -0.2) is 4.39 Å². The van der Waals surface area contributed by atoms with E-state index in [-0.39, 0.29) is 17.5 Å². The third-order valence-electron chi connectivity index (χ3n) is 4.30. The number of halogens is 1. The van der Waals surface area contributed by atoms with Crippen LogP contribution in [0.4, 0.5) is 4.39 Å². The van der Waals surface area contributed by atoms with Crippen LogP contribution in [0.5, 0.6) is 0 Å². The molecule has 2 heterocycles. The first-order valence-electron chi connectivity index (χ1n) is 7.11. The second-order valence-corrected chi connectivity index (χ2v) is 6.87. The molecule has 0 radical (unpaired) electrons. The minimum atomic E-state index is -0.677. The number of ether oxygens (including phenoxy) is 1. The Kier molecular flexibility index (Phi) is 3.88. The number of fused-ring (bicyclic) bond motifs is 1. The van der Waals surface area contributed by atoms with Crippen LogP contribution < -0.4 is 0 Å². The molecular weight excluding hydrogens is 289 g/mol. The smallest absolute Gasteiger partial charge is 0.159 e. The van der Waals surface area contributed by atoms with Crippen molar-refractivity contribution in [2.75, 3.05) is 19.0 Å². The van der Waals surface area contributed by atoms with Crippen LogP contribution in [0.15, 0.2) is 23.2 Å². The van der Waals surface area contributed by atoms with Gasteiger partial charge in [0.15, 0.2) is 5.78 Å². The fourth-order valence-corrected chi connectivity index (χ4v) is 4.24. The quantitative estimate of drug-likeness (QED) is 0.786. The van der Waals surface area contributed by atoms with Crippen molar-refractivity contribution in [3.63, 3.8) is 0 Å². The second kappa shape index (κ2) is 5.54. The first-order valence-corrected chi connectivity index (χ1v) is 8.09. The van der Waals surface area contributed by atoms with E-state index in [0.717, 1.165) is 17.2 Å². The van der Waals surface area contributed by atoms with Crippen LogP contribution >= 0.6 is 11.8 Å². The number of hydrogen-bond donors (Lipinski definition) is 0. The lowest BCUT2D eigenvalue weighted by Gasteiger charge is -2.44. The first kappa shape index (κ1) is 14.7. The molecule has 21 heavy (non-hydrogen) atoms. The van der Waals surface area contributed by atoms with Gasteiger partial charge >= 0.3 is 0 Å². The molecule has 3 rings (SSSR count). The molecule has 2 atom stereocenters. The van der Waals surface area contributed by atoms with Crippen molar-refractivity contribution in [2.45, 2.75) is 25.8 Å². The average Bonchev–Trinajstić information content (AvgIpc) is 2.47. The number of rotatable bonds is 2. The monoisotopic (exact) mass is 307 g/mol. The van der Waals surface area contributed by atoms with Crippen LogP contribution in [0.3, 0.4) is 0 Å². The zero-order chi connectivity index (χ0) is 15.0. The number of Topliss-reactive ketones (excluding diaryl/α,β-unsaturated/α-hetero) is 1. The summed E-state index contributed by atoms with van der Waals surface area (Å²) in [5.74, 6) is 0.796. The molecule has 1 aromatic rings. The van der Waals surface area contributed by atoms with Crippen LogP contribution in [-0.2, 0) is 10.3 Å². The van der Waals surface area contributed by atoms with Crippen molar-refractivity contribution in [3.8, 4) is 0 Å². The lowest BCUT2D eigenvalue weighted by atomic mass is 9.76. The molecule has 0 spiro atoms. The van der Waals surface area contributed by atoms with E-state index in [0.29, 0.717) is 24.3 Å². The summed E-state index contributed by atoms with van der Waals surface area (Å²) in [6.07, 6.45) is 0.869. The Labute approximate surface area is 128 Å². The van der Waals surface area contributed by atoms with E-state index in [1.807, 2.05) is 6.92 Å². The Hall–Kier alpha value is -1.20. The van der Waals surface area contributed by atoms with Crippen molar-refractivity contribution in [1.29, 1.82) is 0 Å². The molecule has 3 nitrogen and oxygen atoms in total. The zero-order valence-corrected chi connectivity index (χ0v) is 13.0. The number of aliphatic imine (C=N–C) groups is 1. The third-order valence-corrected chi connectivity index (χ3v) is 5.38. The molecule has 1 aromatic carbocycles. The average molecular weight is 307 g/mol. The van der Waals surface area contributed by atoms with Gasteiger partial charge in [-0.1, -0.05) is 0 Å². The van der Waals surface area contributed by atoms with Gasteiger partial charge in [0.05, 0.1) is 11.7 Å². The Morgan fingerprint density at radius 3 is 3.10 bits per heavy atom. The Balaban J connectivity index is 2.17. The summed E-state index contributed by atoms with van der Waals surface area (Å²) in [7, 11) is 0. The number of carbonyl (C=O) groups excluding carboxylic acids is 1. The molecule has 2 aliphatic rings. The van der Waals surface area contributed by atoms with Gasteiger partial charge in [-0.15, -0.1) is 11.8 Å². The normalized spacial score (nSPS) is 28.7. The van der Waals surface area contributed by atoms with Gasteiger partial charge in [-0.3, -0.25) is 9.79 Å². The molecule has 0 saturated carbocycles. The van der Waals surface area contributed by atoms with Gasteiger partial charge in [0, 0.05) is 29.4 Å². The summed E-state index contributed by atoms with van der Waals surface area (Å²) >= 11 is 1.72. The van der Waals surface area contributed by atoms with Crippen molar-refractivity contribution >= 4 is 22.6 Å². The van der Waals surface area contributed by atoms with E-state index in [2.05, 4.69) is 0 Å². The Morgan fingerprint density at radius 2 is 2.33 bits per heavy atom. The molecule has 112 valence electrons. The van der Waals surface area contributed by atoms with Crippen molar-refractivity contribution in [2.24, 2.45) is 10.9 Å². The molecule has 0 aliphatic carbocycles. The Bertz CT molecular complexity index is 616. The number of carbonyl (C=O) groups is 1. The lowest BCUT2D eigenvalue weighted by molar-refractivity contribution is 0.00302. The standard InChI is InChI=1S/C16H18FNO2S/c1-10(19)12-3-4-15(17)14(7-12)16-9-20-6-5-13(16)8-21-11(2)18-16/h3-4,7,13H,5-6,8-9H2,1-2H3/t13?,16-/m0/s1. The molecular formula is C16H18FNO2S. The van der Waals surface area contributed by atoms with Gasteiger partial charge in [0.1, 0.15) is 11.4 Å². The number of nitrogens with zero attached hydrogens (tertiary/aromatic N) is 1. The molecule has 0 bridgehead atoms. The molecule has 1 saturated heterocycles. The second-order valence-electron chi connectivity index (χ2n) is 5.66.